The third kappa shape index (κ3) is 4.34. The lowest BCUT2D eigenvalue weighted by molar-refractivity contribution is 0.105. The van der Waals surface area contributed by atoms with Gasteiger partial charge in [0.25, 0.3) is 0 Å². The summed E-state index contributed by atoms with van der Waals surface area (Å²) in [6.07, 6.45) is 3.32. The van der Waals surface area contributed by atoms with Crippen molar-refractivity contribution in [1.82, 2.24) is 0 Å². The maximum absolute atomic E-state index is 12.1. The van der Waals surface area contributed by atoms with Crippen molar-refractivity contribution in [3.8, 4) is 5.75 Å². The van der Waals surface area contributed by atoms with E-state index in [1.807, 2.05) is 54.6 Å². The molecular weight excluding hydrogens is 340 g/mol. The Hall–Kier alpha value is -2.36. The summed E-state index contributed by atoms with van der Waals surface area (Å²) < 4.78 is 6.49. The standard InChI is InChI=1S/C20H15ClO2S/c21-20-13-12-19(24-20)17(22)11-10-16-8-4-5-9-18(16)23-14-15-6-2-1-3-7-15/h1-13H,14H2/b11-10+. The van der Waals surface area contributed by atoms with Crippen molar-refractivity contribution in [3.63, 3.8) is 0 Å². The van der Waals surface area contributed by atoms with Gasteiger partial charge in [0.1, 0.15) is 12.4 Å². The summed E-state index contributed by atoms with van der Waals surface area (Å²) in [6.45, 7) is 0.486. The number of ether oxygens (including phenoxy) is 1. The van der Waals surface area contributed by atoms with Crippen LogP contribution in [0.4, 0.5) is 0 Å². The van der Waals surface area contributed by atoms with E-state index in [0.717, 1.165) is 16.9 Å². The number of thiophene rings is 1. The zero-order chi connectivity index (χ0) is 16.8. The molecule has 0 N–H and O–H groups in total. The summed E-state index contributed by atoms with van der Waals surface area (Å²) in [7, 11) is 0. The van der Waals surface area contributed by atoms with Crippen LogP contribution in [0.1, 0.15) is 20.8 Å². The van der Waals surface area contributed by atoms with E-state index in [1.54, 1.807) is 24.3 Å². The van der Waals surface area contributed by atoms with Gasteiger partial charge in [0.05, 0.1) is 9.21 Å². The highest BCUT2D eigenvalue weighted by atomic mass is 35.5. The number of rotatable bonds is 6. The Bertz CT molecular complexity index is 853. The summed E-state index contributed by atoms with van der Waals surface area (Å²) in [5.41, 5.74) is 1.96. The molecule has 0 amide bonds. The van der Waals surface area contributed by atoms with E-state index < -0.39 is 0 Å². The Morgan fingerprint density at radius 1 is 1.00 bits per heavy atom. The van der Waals surface area contributed by atoms with Gasteiger partial charge < -0.3 is 4.74 Å². The van der Waals surface area contributed by atoms with Crippen LogP contribution >= 0.6 is 22.9 Å². The Morgan fingerprint density at radius 2 is 1.75 bits per heavy atom. The van der Waals surface area contributed by atoms with Crippen LogP contribution in [0.2, 0.25) is 4.34 Å². The molecule has 2 aromatic carbocycles. The van der Waals surface area contributed by atoms with E-state index in [1.165, 1.54) is 11.3 Å². The van der Waals surface area contributed by atoms with Gasteiger partial charge in [-0.2, -0.15) is 0 Å². The Morgan fingerprint density at radius 3 is 2.50 bits per heavy atom. The Kier molecular flexibility index (Phi) is 5.47. The number of allylic oxidation sites excluding steroid dienone is 1. The minimum atomic E-state index is -0.0650. The molecule has 0 fully saturated rings. The van der Waals surface area contributed by atoms with Crippen LogP contribution in [-0.2, 0) is 6.61 Å². The van der Waals surface area contributed by atoms with Crippen LogP contribution < -0.4 is 4.74 Å². The number of benzene rings is 2. The van der Waals surface area contributed by atoms with E-state index in [4.69, 9.17) is 16.3 Å². The molecule has 0 atom stereocenters. The van der Waals surface area contributed by atoms with Gasteiger partial charge in [-0.05, 0) is 35.9 Å². The minimum Gasteiger partial charge on any atom is -0.488 e. The molecule has 0 aliphatic rings. The van der Waals surface area contributed by atoms with E-state index >= 15 is 0 Å². The van der Waals surface area contributed by atoms with Crippen molar-refractivity contribution in [1.29, 1.82) is 0 Å². The molecular formula is C20H15ClO2S. The van der Waals surface area contributed by atoms with E-state index in [0.29, 0.717) is 15.8 Å². The summed E-state index contributed by atoms with van der Waals surface area (Å²) in [4.78, 5) is 12.8. The second kappa shape index (κ2) is 7.95. The van der Waals surface area contributed by atoms with Crippen LogP contribution in [0.15, 0.2) is 72.8 Å². The van der Waals surface area contributed by atoms with Crippen LogP contribution in [0.25, 0.3) is 6.08 Å². The third-order valence-electron chi connectivity index (χ3n) is 3.39. The van der Waals surface area contributed by atoms with E-state index in [-0.39, 0.29) is 5.78 Å². The highest BCUT2D eigenvalue weighted by Crippen LogP contribution is 2.24. The van der Waals surface area contributed by atoms with Gasteiger partial charge in [0.15, 0.2) is 5.78 Å². The highest BCUT2D eigenvalue weighted by molar-refractivity contribution is 7.18. The van der Waals surface area contributed by atoms with Gasteiger partial charge in [0, 0.05) is 5.56 Å². The fourth-order valence-electron chi connectivity index (χ4n) is 2.18. The molecule has 0 saturated heterocycles. The van der Waals surface area contributed by atoms with Gasteiger partial charge >= 0.3 is 0 Å². The highest BCUT2D eigenvalue weighted by Gasteiger charge is 2.06. The van der Waals surface area contributed by atoms with Gasteiger partial charge in [-0.1, -0.05) is 60.1 Å². The second-order valence-corrected chi connectivity index (χ2v) is 6.83. The van der Waals surface area contributed by atoms with Crippen molar-refractivity contribution < 1.29 is 9.53 Å². The fraction of sp³-hybridized carbons (Fsp3) is 0.0500. The topological polar surface area (TPSA) is 26.3 Å². The first-order chi connectivity index (χ1) is 11.7. The molecule has 0 aliphatic carbocycles. The lowest BCUT2D eigenvalue weighted by Crippen LogP contribution is -1.97. The molecule has 24 heavy (non-hydrogen) atoms. The Balaban J connectivity index is 1.72. The molecule has 1 aromatic heterocycles. The zero-order valence-electron chi connectivity index (χ0n) is 12.8. The molecule has 120 valence electrons. The monoisotopic (exact) mass is 354 g/mol. The lowest BCUT2D eigenvalue weighted by Gasteiger charge is -2.09. The smallest absolute Gasteiger partial charge is 0.195 e. The number of hydrogen-bond donors (Lipinski definition) is 0. The second-order valence-electron chi connectivity index (χ2n) is 5.11. The summed E-state index contributed by atoms with van der Waals surface area (Å²) in [5.74, 6) is 0.680. The van der Waals surface area contributed by atoms with Crippen molar-refractivity contribution in [2.45, 2.75) is 6.61 Å². The van der Waals surface area contributed by atoms with Gasteiger partial charge in [-0.15, -0.1) is 11.3 Å². The third-order valence-corrected chi connectivity index (χ3v) is 4.63. The first-order valence-corrected chi connectivity index (χ1v) is 8.65. The van der Waals surface area contributed by atoms with Gasteiger partial charge in [-0.3, -0.25) is 4.79 Å². The summed E-state index contributed by atoms with van der Waals surface area (Å²) in [5, 5.41) is 0. The van der Waals surface area contributed by atoms with Crippen molar-refractivity contribution >= 4 is 34.8 Å². The molecule has 0 saturated carbocycles. The van der Waals surface area contributed by atoms with Crippen LogP contribution in [0, 0.1) is 0 Å². The Labute approximate surface area is 150 Å². The summed E-state index contributed by atoms with van der Waals surface area (Å²) >= 11 is 7.14. The van der Waals surface area contributed by atoms with Crippen LogP contribution in [0.5, 0.6) is 5.75 Å². The fourth-order valence-corrected chi connectivity index (χ4v) is 3.14. The number of para-hydroxylation sites is 1. The van der Waals surface area contributed by atoms with Crippen molar-refractivity contribution in [2.75, 3.05) is 0 Å². The van der Waals surface area contributed by atoms with E-state index in [2.05, 4.69) is 0 Å². The molecule has 0 unspecified atom stereocenters. The molecule has 1 heterocycles. The largest absolute Gasteiger partial charge is 0.488 e. The molecule has 4 heteroatoms. The number of carbonyl (C=O) groups excluding carboxylic acids is 1. The van der Waals surface area contributed by atoms with Gasteiger partial charge in [0.2, 0.25) is 0 Å². The van der Waals surface area contributed by atoms with Crippen molar-refractivity contribution in [3.05, 3.63) is 93.1 Å². The molecule has 0 spiro atoms. The predicted octanol–water partition coefficient (Wildman–Crippen LogP) is 5.88. The SMILES string of the molecule is O=C(/C=C/c1ccccc1OCc1ccccc1)c1ccc(Cl)s1. The molecule has 3 aromatic rings. The van der Waals surface area contributed by atoms with Crippen LogP contribution in [-0.4, -0.2) is 5.78 Å². The number of hydrogen-bond acceptors (Lipinski definition) is 3. The maximum Gasteiger partial charge on any atom is 0.195 e. The number of carbonyl (C=O) groups is 1. The predicted molar refractivity (Wildman–Crippen MR) is 99.9 cm³/mol. The molecule has 0 radical (unpaired) electrons. The average Bonchev–Trinajstić information content (AvgIpc) is 3.06. The normalized spacial score (nSPS) is 10.9. The molecule has 2 nitrogen and oxygen atoms in total. The zero-order valence-corrected chi connectivity index (χ0v) is 14.4. The quantitative estimate of drug-likeness (QED) is 0.408. The molecule has 3 rings (SSSR count). The molecule has 0 aliphatic heterocycles. The van der Waals surface area contributed by atoms with Crippen LogP contribution in [0.3, 0.4) is 0 Å². The number of ketones is 1. The summed E-state index contributed by atoms with van der Waals surface area (Å²) in [6, 6.07) is 21.1. The lowest BCUT2D eigenvalue weighted by atomic mass is 10.1. The van der Waals surface area contributed by atoms with E-state index in [9.17, 15) is 4.79 Å². The first-order valence-electron chi connectivity index (χ1n) is 7.46. The first kappa shape index (κ1) is 16.5. The minimum absolute atomic E-state index is 0.0650. The maximum atomic E-state index is 12.1. The number of halogens is 1. The van der Waals surface area contributed by atoms with Gasteiger partial charge in [-0.25, -0.2) is 0 Å². The average molecular weight is 355 g/mol. The van der Waals surface area contributed by atoms with Crippen molar-refractivity contribution in [2.24, 2.45) is 0 Å². The molecule has 0 bridgehead atoms.